The fraction of sp³-hybridized carbons (Fsp3) is 0.500. The van der Waals surface area contributed by atoms with Crippen LogP contribution in [0.1, 0.15) is 24.1 Å². The number of hydrogen-bond acceptors (Lipinski definition) is 2. The molecule has 0 amide bonds. The van der Waals surface area contributed by atoms with Gasteiger partial charge in [-0.15, -0.1) is 0 Å². The Morgan fingerprint density at radius 2 is 2.00 bits per heavy atom. The summed E-state index contributed by atoms with van der Waals surface area (Å²) in [6.07, 6.45) is 5.45. The van der Waals surface area contributed by atoms with Crippen LogP contribution in [0, 0.1) is 0 Å². The van der Waals surface area contributed by atoms with E-state index in [4.69, 9.17) is 0 Å². The first kappa shape index (κ1) is 6.58. The van der Waals surface area contributed by atoms with Crippen LogP contribution < -0.4 is 0 Å². The largest absolute Gasteiger partial charge is 0.276 e. The van der Waals surface area contributed by atoms with Crippen LogP contribution in [0.2, 0.25) is 0 Å². The van der Waals surface area contributed by atoms with Crippen LogP contribution in [0.5, 0.6) is 5.88 Å². The highest BCUT2D eigenvalue weighted by Crippen LogP contribution is 2.24. The molecule has 57 valence electrons. The van der Waals surface area contributed by atoms with Gasteiger partial charge in [0.15, 0.2) is 0 Å². The molecule has 0 aliphatic heterocycles. The maximum Gasteiger partial charge on any atom is 0.276 e. The van der Waals surface area contributed by atoms with E-state index in [-0.39, 0.29) is 5.88 Å². The highest BCUT2D eigenvalue weighted by atomic mass is 16.3. The number of fused-ring (bicyclic) bond motifs is 1. The molecule has 0 saturated carbocycles. The highest BCUT2D eigenvalue weighted by molar-refractivity contribution is 5.30. The summed E-state index contributed by atoms with van der Waals surface area (Å²) in [5.41, 5.74) is 1.81. The lowest BCUT2D eigenvalue weighted by atomic mass is 9.97. The quantitative estimate of drug-likeness (QED) is 0.561. The van der Waals surface area contributed by atoms with Gasteiger partial charge in [0.25, 0.3) is 5.88 Å². The molecule has 0 saturated heterocycles. The van der Waals surface area contributed by atoms with Crippen LogP contribution >= 0.6 is 0 Å². The average Bonchev–Trinajstić information content (AvgIpc) is 2.06. The molecule has 0 N–H and O–H groups in total. The van der Waals surface area contributed by atoms with Gasteiger partial charge in [-0.2, -0.15) is 4.98 Å². The van der Waals surface area contributed by atoms with E-state index in [0.29, 0.717) is 0 Å². The van der Waals surface area contributed by atoms with Gasteiger partial charge in [0.1, 0.15) is 6.33 Å². The van der Waals surface area contributed by atoms with Gasteiger partial charge in [-0.05, 0) is 25.7 Å². The van der Waals surface area contributed by atoms with Crippen LogP contribution in [0.4, 0.5) is 0 Å². The number of nitrogens with zero attached hydrogens (tertiary/aromatic N) is 2. The first-order valence-corrected chi connectivity index (χ1v) is 3.87. The third-order valence-electron chi connectivity index (χ3n) is 2.09. The maximum absolute atomic E-state index is 11.1. The predicted molar refractivity (Wildman–Crippen MR) is 38.8 cm³/mol. The van der Waals surface area contributed by atoms with Crippen molar-refractivity contribution in [1.82, 2.24) is 9.97 Å². The van der Waals surface area contributed by atoms with Crippen molar-refractivity contribution in [2.24, 2.45) is 0 Å². The SMILES string of the molecule is [O]c1ncnc2c1CCCC2. The minimum atomic E-state index is -0.0744. The first-order valence-electron chi connectivity index (χ1n) is 3.87. The Balaban J connectivity index is 2.49. The van der Waals surface area contributed by atoms with E-state index in [1.807, 2.05) is 0 Å². The number of hydrogen-bond donors (Lipinski definition) is 0. The molecule has 0 fully saturated rings. The Morgan fingerprint density at radius 3 is 2.82 bits per heavy atom. The molecule has 1 radical (unpaired) electrons. The normalized spacial score (nSPS) is 16.0. The summed E-state index contributed by atoms with van der Waals surface area (Å²) in [5, 5.41) is 11.1. The summed E-state index contributed by atoms with van der Waals surface area (Å²) in [6.45, 7) is 0. The fourth-order valence-electron chi connectivity index (χ4n) is 1.49. The van der Waals surface area contributed by atoms with Crippen LogP contribution in [0.25, 0.3) is 0 Å². The molecular formula is C8H9N2O. The Labute approximate surface area is 65.1 Å². The smallest absolute Gasteiger partial charge is 0.267 e. The second-order valence-corrected chi connectivity index (χ2v) is 2.81. The van der Waals surface area contributed by atoms with Gasteiger partial charge in [-0.3, -0.25) is 5.11 Å². The number of rotatable bonds is 0. The Morgan fingerprint density at radius 1 is 1.18 bits per heavy atom. The lowest BCUT2D eigenvalue weighted by Gasteiger charge is -2.12. The van der Waals surface area contributed by atoms with E-state index in [0.717, 1.165) is 36.9 Å². The van der Waals surface area contributed by atoms with Gasteiger partial charge in [-0.1, -0.05) is 0 Å². The number of aromatic nitrogens is 2. The zero-order chi connectivity index (χ0) is 7.68. The molecule has 0 atom stereocenters. The monoisotopic (exact) mass is 149 g/mol. The molecular weight excluding hydrogens is 140 g/mol. The van der Waals surface area contributed by atoms with Gasteiger partial charge in [0.05, 0.1) is 5.69 Å². The van der Waals surface area contributed by atoms with E-state index >= 15 is 0 Å². The molecule has 3 nitrogen and oxygen atoms in total. The lowest BCUT2D eigenvalue weighted by Crippen LogP contribution is -2.05. The van der Waals surface area contributed by atoms with Crippen LogP contribution in [0.3, 0.4) is 0 Å². The van der Waals surface area contributed by atoms with E-state index in [2.05, 4.69) is 9.97 Å². The Hall–Kier alpha value is -1.12. The first-order chi connectivity index (χ1) is 5.38. The van der Waals surface area contributed by atoms with Gasteiger partial charge < -0.3 is 0 Å². The van der Waals surface area contributed by atoms with Crippen molar-refractivity contribution >= 4 is 0 Å². The zero-order valence-corrected chi connectivity index (χ0v) is 6.21. The molecule has 1 aromatic rings. The van der Waals surface area contributed by atoms with Gasteiger partial charge >= 0.3 is 0 Å². The van der Waals surface area contributed by atoms with Gasteiger partial charge in [-0.25, -0.2) is 4.98 Å². The van der Waals surface area contributed by atoms with Crippen LogP contribution in [-0.2, 0) is 17.9 Å². The molecule has 0 spiro atoms. The highest BCUT2D eigenvalue weighted by Gasteiger charge is 2.15. The topological polar surface area (TPSA) is 45.7 Å². The molecule has 1 aliphatic carbocycles. The third kappa shape index (κ3) is 1.06. The van der Waals surface area contributed by atoms with Crippen molar-refractivity contribution in [3.63, 3.8) is 0 Å². The van der Waals surface area contributed by atoms with Gasteiger partial charge in [0.2, 0.25) is 0 Å². The van der Waals surface area contributed by atoms with Crippen molar-refractivity contribution < 1.29 is 5.11 Å². The second kappa shape index (κ2) is 2.49. The van der Waals surface area contributed by atoms with E-state index in [9.17, 15) is 5.11 Å². The molecule has 0 bridgehead atoms. The Kier molecular flexibility index (Phi) is 1.49. The van der Waals surface area contributed by atoms with Crippen LogP contribution in [-0.4, -0.2) is 9.97 Å². The molecule has 1 heterocycles. The summed E-state index contributed by atoms with van der Waals surface area (Å²) < 4.78 is 0. The van der Waals surface area contributed by atoms with E-state index < -0.39 is 0 Å². The predicted octanol–water partition coefficient (Wildman–Crippen LogP) is 1.50. The maximum atomic E-state index is 11.1. The lowest BCUT2D eigenvalue weighted by molar-refractivity contribution is 0.328. The number of aryl methyl sites for hydroxylation is 1. The van der Waals surface area contributed by atoms with Gasteiger partial charge in [0, 0.05) is 5.56 Å². The third-order valence-corrected chi connectivity index (χ3v) is 2.09. The van der Waals surface area contributed by atoms with E-state index in [1.54, 1.807) is 0 Å². The fourth-order valence-corrected chi connectivity index (χ4v) is 1.49. The Bertz CT molecular complexity index is 273. The van der Waals surface area contributed by atoms with E-state index in [1.165, 1.54) is 6.33 Å². The molecule has 2 rings (SSSR count). The summed E-state index contributed by atoms with van der Waals surface area (Å²) in [6, 6.07) is 0. The second-order valence-electron chi connectivity index (χ2n) is 2.81. The van der Waals surface area contributed by atoms with Crippen molar-refractivity contribution in [1.29, 1.82) is 0 Å². The summed E-state index contributed by atoms with van der Waals surface area (Å²) >= 11 is 0. The molecule has 3 heteroatoms. The van der Waals surface area contributed by atoms with Crippen molar-refractivity contribution in [3.05, 3.63) is 17.6 Å². The van der Waals surface area contributed by atoms with Crippen molar-refractivity contribution in [2.75, 3.05) is 0 Å². The molecule has 1 aromatic heterocycles. The summed E-state index contributed by atoms with van der Waals surface area (Å²) in [4.78, 5) is 7.69. The summed E-state index contributed by atoms with van der Waals surface area (Å²) in [5.74, 6) is -0.0744. The minimum absolute atomic E-state index is 0.0744. The standard InChI is InChI=1S/C8H9N2O/c11-8-6-3-1-2-4-7(6)9-5-10-8/h5H,1-4H2. The molecule has 0 unspecified atom stereocenters. The summed E-state index contributed by atoms with van der Waals surface area (Å²) in [7, 11) is 0. The van der Waals surface area contributed by atoms with Crippen LogP contribution in [0.15, 0.2) is 6.33 Å². The average molecular weight is 149 g/mol. The zero-order valence-electron chi connectivity index (χ0n) is 6.21. The molecule has 11 heavy (non-hydrogen) atoms. The molecule has 0 aromatic carbocycles. The van der Waals surface area contributed by atoms with Crippen molar-refractivity contribution in [2.45, 2.75) is 25.7 Å². The molecule has 1 aliphatic rings. The minimum Gasteiger partial charge on any atom is -0.267 e. The van der Waals surface area contributed by atoms with Crippen molar-refractivity contribution in [3.8, 4) is 5.88 Å².